The van der Waals surface area contributed by atoms with Gasteiger partial charge < -0.3 is 10.4 Å². The molecule has 3 nitrogen and oxygen atoms in total. The van der Waals surface area contributed by atoms with E-state index in [1.165, 1.54) is 12.0 Å². The summed E-state index contributed by atoms with van der Waals surface area (Å²) in [6.07, 6.45) is 3.88. The van der Waals surface area contributed by atoms with E-state index >= 15 is 0 Å². The molecular formula is C19H21NO2. The molecule has 0 bridgehead atoms. The van der Waals surface area contributed by atoms with Crippen molar-refractivity contribution in [3.8, 4) is 0 Å². The van der Waals surface area contributed by atoms with Crippen LogP contribution in [0.2, 0.25) is 0 Å². The Morgan fingerprint density at radius 2 is 1.95 bits per heavy atom. The lowest BCUT2D eigenvalue weighted by atomic mass is 9.91. The van der Waals surface area contributed by atoms with Crippen LogP contribution in [0.1, 0.15) is 39.9 Å². The molecule has 0 saturated carbocycles. The fourth-order valence-electron chi connectivity index (χ4n) is 3.23. The normalized spacial score (nSPS) is 17.5. The standard InChI is InChI=1S/C19H21NO2/c21-19(22)17-10-4-8-15(12-14-6-2-1-3-7-14)18(17)13-16-9-5-11-20-16/h1-4,6-8,10,16,20H,5,9,11-13H2,(H,21,22). The first-order valence-corrected chi connectivity index (χ1v) is 7.85. The van der Waals surface area contributed by atoms with E-state index < -0.39 is 5.97 Å². The first-order chi connectivity index (χ1) is 10.7. The van der Waals surface area contributed by atoms with Gasteiger partial charge in [-0.2, -0.15) is 0 Å². The number of rotatable bonds is 5. The first kappa shape index (κ1) is 14.8. The van der Waals surface area contributed by atoms with Crippen molar-refractivity contribution >= 4 is 5.97 Å². The number of nitrogens with one attached hydrogen (secondary N) is 1. The van der Waals surface area contributed by atoms with Crippen molar-refractivity contribution in [3.05, 3.63) is 70.8 Å². The highest BCUT2D eigenvalue weighted by Gasteiger charge is 2.20. The second-order valence-electron chi connectivity index (χ2n) is 5.91. The number of carboxylic acid groups (broad SMARTS) is 1. The minimum atomic E-state index is -0.831. The van der Waals surface area contributed by atoms with E-state index in [0.29, 0.717) is 11.6 Å². The van der Waals surface area contributed by atoms with E-state index in [0.717, 1.165) is 36.9 Å². The van der Waals surface area contributed by atoms with Gasteiger partial charge in [0.15, 0.2) is 0 Å². The molecule has 1 aliphatic rings. The van der Waals surface area contributed by atoms with Gasteiger partial charge in [-0.25, -0.2) is 4.79 Å². The molecule has 3 heteroatoms. The van der Waals surface area contributed by atoms with E-state index in [-0.39, 0.29) is 0 Å². The maximum Gasteiger partial charge on any atom is 0.335 e. The molecule has 2 aromatic carbocycles. The van der Waals surface area contributed by atoms with Crippen molar-refractivity contribution in [1.82, 2.24) is 5.32 Å². The summed E-state index contributed by atoms with van der Waals surface area (Å²) >= 11 is 0. The molecule has 0 aromatic heterocycles. The molecule has 1 aliphatic heterocycles. The molecule has 114 valence electrons. The lowest BCUT2D eigenvalue weighted by molar-refractivity contribution is 0.0695. The number of carboxylic acids is 1. The van der Waals surface area contributed by atoms with Gasteiger partial charge in [0, 0.05) is 6.04 Å². The van der Waals surface area contributed by atoms with Crippen LogP contribution >= 0.6 is 0 Å². The molecule has 3 rings (SSSR count). The van der Waals surface area contributed by atoms with Crippen LogP contribution in [-0.4, -0.2) is 23.7 Å². The molecule has 0 aliphatic carbocycles. The minimum absolute atomic E-state index is 0.398. The quantitative estimate of drug-likeness (QED) is 0.890. The summed E-state index contributed by atoms with van der Waals surface area (Å²) in [6.45, 7) is 1.04. The Bertz CT molecular complexity index is 646. The van der Waals surface area contributed by atoms with Crippen molar-refractivity contribution < 1.29 is 9.90 Å². The Labute approximate surface area is 131 Å². The fraction of sp³-hybridized carbons (Fsp3) is 0.316. The van der Waals surface area contributed by atoms with Crippen LogP contribution in [0.5, 0.6) is 0 Å². The number of carbonyl (C=O) groups is 1. The predicted octanol–water partition coefficient (Wildman–Crippen LogP) is 3.27. The van der Waals surface area contributed by atoms with E-state index in [4.69, 9.17) is 0 Å². The molecule has 0 amide bonds. The van der Waals surface area contributed by atoms with Gasteiger partial charge in [-0.1, -0.05) is 42.5 Å². The topological polar surface area (TPSA) is 49.3 Å². The molecule has 2 N–H and O–H groups in total. The SMILES string of the molecule is O=C(O)c1cccc(Cc2ccccc2)c1CC1CCCN1. The van der Waals surface area contributed by atoms with E-state index in [9.17, 15) is 9.90 Å². The molecule has 1 fully saturated rings. The summed E-state index contributed by atoms with van der Waals surface area (Å²) in [5, 5.41) is 13.0. The van der Waals surface area contributed by atoms with Gasteiger partial charge in [-0.05, 0) is 55.0 Å². The van der Waals surface area contributed by atoms with Crippen LogP contribution in [0.15, 0.2) is 48.5 Å². The molecule has 1 saturated heterocycles. The second kappa shape index (κ2) is 6.75. The summed E-state index contributed by atoms with van der Waals surface area (Å²) in [7, 11) is 0. The molecule has 22 heavy (non-hydrogen) atoms. The molecule has 1 heterocycles. The third-order valence-corrected chi connectivity index (χ3v) is 4.35. The van der Waals surface area contributed by atoms with Crippen molar-refractivity contribution in [2.24, 2.45) is 0 Å². The summed E-state index contributed by atoms with van der Waals surface area (Å²) in [4.78, 5) is 11.6. The van der Waals surface area contributed by atoms with Gasteiger partial charge in [0.05, 0.1) is 5.56 Å². The molecule has 1 unspecified atom stereocenters. The van der Waals surface area contributed by atoms with Crippen molar-refractivity contribution in [2.45, 2.75) is 31.7 Å². The lowest BCUT2D eigenvalue weighted by Gasteiger charge is -2.17. The van der Waals surface area contributed by atoms with Gasteiger partial charge in [-0.3, -0.25) is 0 Å². The highest BCUT2D eigenvalue weighted by atomic mass is 16.4. The smallest absolute Gasteiger partial charge is 0.335 e. The maximum atomic E-state index is 11.6. The van der Waals surface area contributed by atoms with E-state index in [1.54, 1.807) is 6.07 Å². The summed E-state index contributed by atoms with van der Waals surface area (Å²) in [5.74, 6) is -0.831. The Hall–Kier alpha value is -2.13. The van der Waals surface area contributed by atoms with Crippen LogP contribution < -0.4 is 5.32 Å². The lowest BCUT2D eigenvalue weighted by Crippen LogP contribution is -2.25. The first-order valence-electron chi connectivity index (χ1n) is 7.85. The van der Waals surface area contributed by atoms with E-state index in [1.807, 2.05) is 24.3 Å². The van der Waals surface area contributed by atoms with Gasteiger partial charge in [0.25, 0.3) is 0 Å². The summed E-state index contributed by atoms with van der Waals surface area (Å²) < 4.78 is 0. The number of hydrogen-bond acceptors (Lipinski definition) is 2. The highest BCUT2D eigenvalue weighted by Crippen LogP contribution is 2.23. The monoisotopic (exact) mass is 295 g/mol. The van der Waals surface area contributed by atoms with Crippen molar-refractivity contribution in [2.75, 3.05) is 6.54 Å². The third kappa shape index (κ3) is 3.37. The minimum Gasteiger partial charge on any atom is -0.478 e. The maximum absolute atomic E-state index is 11.6. The number of hydrogen-bond donors (Lipinski definition) is 2. The van der Waals surface area contributed by atoms with Crippen molar-refractivity contribution in [3.63, 3.8) is 0 Å². The van der Waals surface area contributed by atoms with Crippen LogP contribution in [0.4, 0.5) is 0 Å². The Kier molecular flexibility index (Phi) is 4.54. The highest BCUT2D eigenvalue weighted by molar-refractivity contribution is 5.89. The van der Waals surface area contributed by atoms with Gasteiger partial charge in [-0.15, -0.1) is 0 Å². The number of benzene rings is 2. The Balaban J connectivity index is 1.93. The zero-order valence-electron chi connectivity index (χ0n) is 12.6. The molecule has 0 spiro atoms. The fourth-order valence-corrected chi connectivity index (χ4v) is 3.23. The van der Waals surface area contributed by atoms with Gasteiger partial charge in [0.1, 0.15) is 0 Å². The van der Waals surface area contributed by atoms with Crippen LogP contribution in [0, 0.1) is 0 Å². The average molecular weight is 295 g/mol. The third-order valence-electron chi connectivity index (χ3n) is 4.35. The molecule has 0 radical (unpaired) electrons. The second-order valence-corrected chi connectivity index (χ2v) is 5.91. The Morgan fingerprint density at radius 3 is 2.64 bits per heavy atom. The van der Waals surface area contributed by atoms with E-state index in [2.05, 4.69) is 23.5 Å². The number of aromatic carboxylic acids is 1. The zero-order valence-corrected chi connectivity index (χ0v) is 12.6. The van der Waals surface area contributed by atoms with Crippen LogP contribution in [0.3, 0.4) is 0 Å². The Morgan fingerprint density at radius 1 is 1.14 bits per heavy atom. The largest absolute Gasteiger partial charge is 0.478 e. The molecule has 1 atom stereocenters. The van der Waals surface area contributed by atoms with Crippen molar-refractivity contribution in [1.29, 1.82) is 0 Å². The average Bonchev–Trinajstić information content (AvgIpc) is 3.03. The van der Waals surface area contributed by atoms with Gasteiger partial charge >= 0.3 is 5.97 Å². The predicted molar refractivity (Wildman–Crippen MR) is 87.4 cm³/mol. The zero-order chi connectivity index (χ0) is 15.4. The van der Waals surface area contributed by atoms with Crippen LogP contribution in [0.25, 0.3) is 0 Å². The molecule has 2 aromatic rings. The summed E-state index contributed by atoms with van der Waals surface area (Å²) in [6, 6.07) is 16.3. The van der Waals surface area contributed by atoms with Crippen LogP contribution in [-0.2, 0) is 12.8 Å². The summed E-state index contributed by atoms with van der Waals surface area (Å²) in [5.41, 5.74) is 3.77. The molecular weight excluding hydrogens is 274 g/mol. The van der Waals surface area contributed by atoms with Gasteiger partial charge in [0.2, 0.25) is 0 Å².